The van der Waals surface area contributed by atoms with E-state index in [0.717, 1.165) is 4.88 Å². The van der Waals surface area contributed by atoms with Gasteiger partial charge in [-0.2, -0.15) is 0 Å². The van der Waals surface area contributed by atoms with Crippen LogP contribution >= 0.6 is 11.3 Å². The van der Waals surface area contributed by atoms with Crippen LogP contribution in [0.3, 0.4) is 0 Å². The molecule has 5 nitrogen and oxygen atoms in total. The number of hydrogen-bond donors (Lipinski definition) is 2. The number of nitrogens with zero attached hydrogens (tertiary/aromatic N) is 1. The van der Waals surface area contributed by atoms with Gasteiger partial charge in [-0.15, -0.1) is 11.3 Å². The molecule has 0 saturated heterocycles. The minimum absolute atomic E-state index is 0.163. The van der Waals surface area contributed by atoms with Crippen molar-refractivity contribution in [3.8, 4) is 0 Å². The monoisotopic (exact) mass is 337 g/mol. The first kappa shape index (κ1) is 15.9. The lowest BCUT2D eigenvalue weighted by Gasteiger charge is -2.08. The SMILES string of the molecule is Cc1ccc(C(=O)Nc2cccc(NC(=O)c3cccnc3)c2)s1. The molecule has 2 N–H and O–H groups in total. The van der Waals surface area contributed by atoms with E-state index in [0.29, 0.717) is 21.8 Å². The van der Waals surface area contributed by atoms with Gasteiger partial charge in [-0.1, -0.05) is 6.07 Å². The summed E-state index contributed by atoms with van der Waals surface area (Å²) in [6.07, 6.45) is 3.11. The van der Waals surface area contributed by atoms with Gasteiger partial charge in [0.1, 0.15) is 0 Å². The Hall–Kier alpha value is -2.99. The lowest BCUT2D eigenvalue weighted by Crippen LogP contribution is -2.13. The van der Waals surface area contributed by atoms with Crippen LogP contribution in [0.4, 0.5) is 11.4 Å². The molecule has 120 valence electrons. The van der Waals surface area contributed by atoms with Crippen LogP contribution in [0.2, 0.25) is 0 Å². The first-order valence-corrected chi connectivity index (χ1v) is 8.13. The molecule has 0 aliphatic rings. The summed E-state index contributed by atoms with van der Waals surface area (Å²) in [5, 5.41) is 5.62. The van der Waals surface area contributed by atoms with Crippen molar-refractivity contribution < 1.29 is 9.59 Å². The molecule has 2 heterocycles. The van der Waals surface area contributed by atoms with Crippen LogP contribution in [0, 0.1) is 6.92 Å². The number of rotatable bonds is 4. The molecule has 3 rings (SSSR count). The molecule has 0 atom stereocenters. The van der Waals surface area contributed by atoms with Crippen molar-refractivity contribution in [3.05, 3.63) is 76.2 Å². The third-order valence-electron chi connectivity index (χ3n) is 3.27. The first-order chi connectivity index (χ1) is 11.6. The molecule has 0 aliphatic heterocycles. The summed E-state index contributed by atoms with van der Waals surface area (Å²) < 4.78 is 0. The average Bonchev–Trinajstić information content (AvgIpc) is 3.02. The van der Waals surface area contributed by atoms with Crippen molar-refractivity contribution in [2.75, 3.05) is 10.6 Å². The zero-order chi connectivity index (χ0) is 16.9. The Labute approximate surface area is 143 Å². The number of thiophene rings is 1. The predicted molar refractivity (Wildman–Crippen MR) is 95.6 cm³/mol. The summed E-state index contributed by atoms with van der Waals surface area (Å²) in [4.78, 5) is 30.0. The lowest BCUT2D eigenvalue weighted by atomic mass is 10.2. The third-order valence-corrected chi connectivity index (χ3v) is 4.27. The van der Waals surface area contributed by atoms with Gasteiger partial charge in [-0.25, -0.2) is 0 Å². The van der Waals surface area contributed by atoms with Crippen LogP contribution < -0.4 is 10.6 Å². The van der Waals surface area contributed by atoms with Crippen molar-refractivity contribution in [2.24, 2.45) is 0 Å². The van der Waals surface area contributed by atoms with E-state index in [9.17, 15) is 9.59 Å². The van der Waals surface area contributed by atoms with E-state index in [1.165, 1.54) is 17.5 Å². The minimum atomic E-state index is -0.250. The molecule has 1 aromatic carbocycles. The van der Waals surface area contributed by atoms with Gasteiger partial charge in [0, 0.05) is 28.6 Å². The highest BCUT2D eigenvalue weighted by atomic mass is 32.1. The maximum Gasteiger partial charge on any atom is 0.265 e. The van der Waals surface area contributed by atoms with Gasteiger partial charge in [0.15, 0.2) is 0 Å². The topological polar surface area (TPSA) is 71.1 Å². The third kappa shape index (κ3) is 3.85. The van der Waals surface area contributed by atoms with E-state index in [-0.39, 0.29) is 11.8 Å². The number of benzene rings is 1. The van der Waals surface area contributed by atoms with Gasteiger partial charge in [0.05, 0.1) is 10.4 Å². The summed E-state index contributed by atoms with van der Waals surface area (Å²) in [7, 11) is 0. The molecule has 2 amide bonds. The summed E-state index contributed by atoms with van der Waals surface area (Å²) in [5.41, 5.74) is 1.69. The van der Waals surface area contributed by atoms with Crippen LogP contribution in [-0.4, -0.2) is 16.8 Å². The maximum atomic E-state index is 12.2. The molecule has 0 spiro atoms. The van der Waals surface area contributed by atoms with Gasteiger partial charge in [0.2, 0.25) is 0 Å². The fraction of sp³-hybridized carbons (Fsp3) is 0.0556. The molecule has 0 aliphatic carbocycles. The number of hydrogen-bond acceptors (Lipinski definition) is 4. The number of anilines is 2. The van der Waals surface area contributed by atoms with Gasteiger partial charge < -0.3 is 10.6 Å². The number of carbonyl (C=O) groups is 2. The van der Waals surface area contributed by atoms with E-state index in [2.05, 4.69) is 15.6 Å². The zero-order valence-electron chi connectivity index (χ0n) is 12.9. The van der Waals surface area contributed by atoms with E-state index in [1.807, 2.05) is 13.0 Å². The van der Waals surface area contributed by atoms with Crippen LogP contribution in [-0.2, 0) is 0 Å². The second-order valence-corrected chi connectivity index (χ2v) is 6.43. The molecule has 0 unspecified atom stereocenters. The minimum Gasteiger partial charge on any atom is -0.322 e. The molecule has 0 fully saturated rings. The van der Waals surface area contributed by atoms with Gasteiger partial charge >= 0.3 is 0 Å². The molecule has 3 aromatic rings. The largest absolute Gasteiger partial charge is 0.322 e. The lowest BCUT2D eigenvalue weighted by molar-refractivity contribution is 0.102. The standard InChI is InChI=1S/C18H15N3O2S/c1-12-7-8-16(24-12)18(23)21-15-6-2-5-14(10-15)20-17(22)13-4-3-9-19-11-13/h2-11H,1H3,(H,20,22)(H,21,23). The molecule has 0 radical (unpaired) electrons. The Bertz CT molecular complexity index is 875. The average molecular weight is 337 g/mol. The van der Waals surface area contributed by atoms with E-state index in [1.54, 1.807) is 48.7 Å². The number of nitrogens with one attached hydrogen (secondary N) is 2. The van der Waals surface area contributed by atoms with Gasteiger partial charge in [-0.05, 0) is 49.4 Å². The zero-order valence-corrected chi connectivity index (χ0v) is 13.8. The second-order valence-electron chi connectivity index (χ2n) is 5.14. The highest BCUT2D eigenvalue weighted by Gasteiger charge is 2.10. The Kier molecular flexibility index (Phi) is 4.67. The summed E-state index contributed by atoms with van der Waals surface area (Å²) >= 11 is 1.44. The molecular weight excluding hydrogens is 322 g/mol. The van der Waals surface area contributed by atoms with E-state index < -0.39 is 0 Å². The quantitative estimate of drug-likeness (QED) is 0.757. The van der Waals surface area contributed by atoms with Gasteiger partial charge in [-0.3, -0.25) is 14.6 Å². The Morgan fingerprint density at radius 2 is 1.71 bits per heavy atom. The van der Waals surface area contributed by atoms with Crippen molar-refractivity contribution in [2.45, 2.75) is 6.92 Å². The molecule has 0 bridgehead atoms. The highest BCUT2D eigenvalue weighted by Crippen LogP contribution is 2.20. The number of aromatic nitrogens is 1. The van der Waals surface area contributed by atoms with Crippen LogP contribution in [0.15, 0.2) is 60.9 Å². The Balaban J connectivity index is 1.70. The highest BCUT2D eigenvalue weighted by molar-refractivity contribution is 7.14. The summed E-state index contributed by atoms with van der Waals surface area (Å²) in [5.74, 6) is -0.413. The Morgan fingerprint density at radius 3 is 2.33 bits per heavy atom. The summed E-state index contributed by atoms with van der Waals surface area (Å²) in [6, 6.07) is 14.1. The van der Waals surface area contributed by atoms with E-state index in [4.69, 9.17) is 0 Å². The Morgan fingerprint density at radius 1 is 0.958 bits per heavy atom. The van der Waals surface area contributed by atoms with Gasteiger partial charge in [0.25, 0.3) is 11.8 Å². The van der Waals surface area contributed by atoms with Crippen molar-refractivity contribution in [1.82, 2.24) is 4.98 Å². The number of amides is 2. The second kappa shape index (κ2) is 7.06. The van der Waals surface area contributed by atoms with Crippen molar-refractivity contribution >= 4 is 34.5 Å². The molecule has 0 saturated carbocycles. The van der Waals surface area contributed by atoms with E-state index >= 15 is 0 Å². The van der Waals surface area contributed by atoms with Crippen LogP contribution in [0.1, 0.15) is 24.9 Å². The maximum absolute atomic E-state index is 12.2. The first-order valence-electron chi connectivity index (χ1n) is 7.31. The number of pyridine rings is 1. The smallest absolute Gasteiger partial charge is 0.265 e. The normalized spacial score (nSPS) is 10.2. The summed E-state index contributed by atoms with van der Waals surface area (Å²) in [6.45, 7) is 1.95. The van der Waals surface area contributed by atoms with Crippen molar-refractivity contribution in [1.29, 1.82) is 0 Å². The van der Waals surface area contributed by atoms with Crippen molar-refractivity contribution in [3.63, 3.8) is 0 Å². The molecule has 24 heavy (non-hydrogen) atoms. The van der Waals surface area contributed by atoms with Crippen LogP contribution in [0.5, 0.6) is 0 Å². The molecule has 2 aromatic heterocycles. The fourth-order valence-electron chi connectivity index (χ4n) is 2.12. The predicted octanol–water partition coefficient (Wildman–Crippen LogP) is 3.96. The number of aryl methyl sites for hydroxylation is 1. The number of carbonyl (C=O) groups excluding carboxylic acids is 2. The molecule has 6 heteroatoms. The fourth-order valence-corrected chi connectivity index (χ4v) is 2.89. The molecular formula is C18H15N3O2S. The van der Waals surface area contributed by atoms with Crippen LogP contribution in [0.25, 0.3) is 0 Å².